The molecule has 0 bridgehead atoms. The van der Waals surface area contributed by atoms with Crippen LogP contribution in [0, 0.1) is 29.6 Å². The quantitative estimate of drug-likeness (QED) is 0.181. The lowest BCUT2D eigenvalue weighted by molar-refractivity contribution is 0.277. The van der Waals surface area contributed by atoms with E-state index < -0.39 is 0 Å². The predicted molar refractivity (Wildman–Crippen MR) is 226 cm³/mol. The summed E-state index contributed by atoms with van der Waals surface area (Å²) in [6.07, 6.45) is 12.5. The van der Waals surface area contributed by atoms with Crippen molar-refractivity contribution in [3.63, 3.8) is 0 Å². The van der Waals surface area contributed by atoms with Crippen LogP contribution in [0.15, 0.2) is 76.7 Å². The van der Waals surface area contributed by atoms with Gasteiger partial charge in [0.05, 0.1) is 6.26 Å². The molecule has 1 nitrogen and oxygen atoms in total. The van der Waals surface area contributed by atoms with Crippen LogP contribution in [0.2, 0.25) is 0 Å². The number of rotatable bonds is 0. The van der Waals surface area contributed by atoms with Gasteiger partial charge in [0.15, 0.2) is 0 Å². The summed E-state index contributed by atoms with van der Waals surface area (Å²) in [5.74, 6) is 4.83. The maximum Gasteiger partial charge on any atom is 0.133 e. The Balaban J connectivity index is -0.000000149. The molecule has 2 atom stereocenters. The second-order valence-corrected chi connectivity index (χ2v) is 13.8. The van der Waals surface area contributed by atoms with Crippen molar-refractivity contribution in [2.24, 2.45) is 29.6 Å². The van der Waals surface area contributed by atoms with Gasteiger partial charge in [-0.1, -0.05) is 200 Å². The Hall–Kier alpha value is -2.06. The summed E-state index contributed by atoms with van der Waals surface area (Å²) in [4.78, 5) is 0. The highest BCUT2D eigenvalue weighted by Gasteiger charge is 2.28. The topological polar surface area (TPSA) is 13.1 Å². The van der Waals surface area contributed by atoms with E-state index in [1.165, 1.54) is 41.2 Å². The molecule has 0 amide bonds. The first-order chi connectivity index (χ1) is 21.6. The van der Waals surface area contributed by atoms with Gasteiger partial charge in [0.25, 0.3) is 0 Å². The number of para-hydroxylation sites is 1. The number of fused-ring (bicyclic) bond motifs is 3. The van der Waals surface area contributed by atoms with E-state index in [-0.39, 0.29) is 14.9 Å². The number of furan rings is 1. The van der Waals surface area contributed by atoms with E-state index in [9.17, 15) is 0 Å². The Morgan fingerprint density at radius 2 is 0.894 bits per heavy atom. The van der Waals surface area contributed by atoms with Crippen LogP contribution in [0.25, 0.3) is 21.1 Å². The van der Waals surface area contributed by atoms with Crippen LogP contribution in [0.3, 0.4) is 0 Å². The third kappa shape index (κ3) is 32.3. The van der Waals surface area contributed by atoms with Gasteiger partial charge >= 0.3 is 0 Å². The molecular formula is C45H84OS. The Kier molecular flexibility index (Phi) is 44.4. The predicted octanol–water partition coefficient (Wildman–Crippen LogP) is 17.6. The van der Waals surface area contributed by atoms with Crippen LogP contribution in [-0.2, 0) is 0 Å². The minimum Gasteiger partial charge on any atom is -0.464 e. The highest BCUT2D eigenvalue weighted by molar-refractivity contribution is 7.17. The average molecular weight is 673 g/mol. The van der Waals surface area contributed by atoms with E-state index in [1.807, 2.05) is 71.9 Å². The van der Waals surface area contributed by atoms with Crippen LogP contribution in [0.1, 0.15) is 164 Å². The smallest absolute Gasteiger partial charge is 0.133 e. The summed E-state index contributed by atoms with van der Waals surface area (Å²) in [5.41, 5.74) is 0.956. The molecule has 276 valence electrons. The highest BCUT2D eigenvalue weighted by atomic mass is 32.1. The molecule has 47 heavy (non-hydrogen) atoms. The zero-order chi connectivity index (χ0) is 35.0. The second kappa shape index (κ2) is 38.4. The van der Waals surface area contributed by atoms with Crippen molar-refractivity contribution >= 4 is 32.4 Å². The fourth-order valence-corrected chi connectivity index (χ4v) is 5.29. The molecule has 2 heterocycles. The van der Waals surface area contributed by atoms with Gasteiger partial charge in [0.1, 0.15) is 5.58 Å². The number of hydrogen-bond acceptors (Lipinski definition) is 2. The van der Waals surface area contributed by atoms with Gasteiger partial charge in [0, 0.05) is 10.1 Å². The summed E-state index contributed by atoms with van der Waals surface area (Å²) in [6, 6.07) is 20.4. The molecule has 0 N–H and O–H groups in total. The minimum atomic E-state index is 0. The van der Waals surface area contributed by atoms with Crippen molar-refractivity contribution in [1.82, 2.24) is 0 Å². The van der Waals surface area contributed by atoms with Crippen LogP contribution < -0.4 is 0 Å². The molecule has 2 aromatic heterocycles. The van der Waals surface area contributed by atoms with Crippen molar-refractivity contribution in [1.29, 1.82) is 0 Å². The first-order valence-corrected chi connectivity index (χ1v) is 19.3. The third-order valence-corrected chi connectivity index (χ3v) is 6.84. The van der Waals surface area contributed by atoms with E-state index >= 15 is 0 Å². The minimum absolute atomic E-state index is 0. The van der Waals surface area contributed by atoms with Crippen molar-refractivity contribution in [2.45, 2.75) is 164 Å². The lowest BCUT2D eigenvalue weighted by Crippen LogP contribution is -2.12. The van der Waals surface area contributed by atoms with Crippen molar-refractivity contribution < 1.29 is 4.42 Å². The van der Waals surface area contributed by atoms with Crippen molar-refractivity contribution in [2.75, 3.05) is 0 Å². The Morgan fingerprint density at radius 3 is 1.32 bits per heavy atom. The van der Waals surface area contributed by atoms with Gasteiger partial charge < -0.3 is 4.42 Å². The van der Waals surface area contributed by atoms with Crippen molar-refractivity contribution in [3.8, 4) is 0 Å². The average Bonchev–Trinajstić information content (AvgIpc) is 3.81. The van der Waals surface area contributed by atoms with E-state index in [0.29, 0.717) is 0 Å². The zero-order valence-corrected chi connectivity index (χ0v) is 33.4. The molecule has 2 fully saturated rings. The number of hydrogen-bond donors (Lipinski definition) is 0. The molecule has 0 spiro atoms. The number of thiophene rings is 1. The molecular weight excluding hydrogens is 589 g/mol. The maximum absolute atomic E-state index is 5.12. The Labute approximate surface area is 301 Å². The fourth-order valence-electron chi connectivity index (χ4n) is 4.50. The molecule has 6 rings (SSSR count). The molecule has 0 aliphatic heterocycles. The summed E-state index contributed by atoms with van der Waals surface area (Å²) in [7, 11) is 0. The third-order valence-electron chi connectivity index (χ3n) is 5.94. The first kappa shape index (κ1) is 54.4. The second-order valence-electron chi connectivity index (χ2n) is 12.8. The maximum atomic E-state index is 5.12. The van der Waals surface area contributed by atoms with Crippen LogP contribution in [0.4, 0.5) is 0 Å². The Bertz CT molecular complexity index is 926. The molecule has 2 aromatic carbocycles. The summed E-state index contributed by atoms with van der Waals surface area (Å²) in [6.45, 7) is 31.5. The zero-order valence-electron chi connectivity index (χ0n) is 32.6. The van der Waals surface area contributed by atoms with E-state index in [0.717, 1.165) is 28.7 Å². The Morgan fingerprint density at radius 1 is 0.511 bits per heavy atom. The fraction of sp³-hybridized carbons (Fsp3) is 0.644. The van der Waals surface area contributed by atoms with E-state index in [2.05, 4.69) is 98.0 Å². The monoisotopic (exact) mass is 673 g/mol. The standard InChI is InChI=1S/C9H16.C8H6O.C8H6S.3C4H10.3C2H6.2CH4/c1-2-5-9-7-3-6-8(9)4-1;2*1-2-4-8-7(3-1)5-6-9-8;3*1-4(2)3;3*1-2;;/h8-9H,1-7H2;2*1-6H;3*4H,1-3H3;3*1-2H3;2*1H4. The molecule has 2 heteroatoms. The molecule has 0 saturated heterocycles. The summed E-state index contributed by atoms with van der Waals surface area (Å²) in [5, 5.41) is 4.63. The van der Waals surface area contributed by atoms with Gasteiger partial charge in [-0.25, -0.2) is 0 Å². The summed E-state index contributed by atoms with van der Waals surface area (Å²) < 4.78 is 6.49. The lowest BCUT2D eigenvalue weighted by atomic mass is 9.82. The van der Waals surface area contributed by atoms with Crippen LogP contribution in [0.5, 0.6) is 0 Å². The first-order valence-electron chi connectivity index (χ1n) is 18.4. The normalized spacial score (nSPS) is 14.8. The van der Waals surface area contributed by atoms with Gasteiger partial charge in [-0.05, 0) is 64.6 Å². The van der Waals surface area contributed by atoms with Gasteiger partial charge in [-0.15, -0.1) is 11.3 Å². The molecule has 2 aliphatic rings. The molecule has 2 saturated carbocycles. The van der Waals surface area contributed by atoms with Gasteiger partial charge in [-0.2, -0.15) is 0 Å². The highest BCUT2D eigenvalue weighted by Crippen LogP contribution is 2.41. The lowest BCUT2D eigenvalue weighted by Gasteiger charge is -2.24. The molecule has 4 aromatic rings. The van der Waals surface area contributed by atoms with E-state index in [4.69, 9.17) is 4.42 Å². The molecule has 2 aliphatic carbocycles. The van der Waals surface area contributed by atoms with Crippen molar-refractivity contribution in [3.05, 3.63) is 72.3 Å². The van der Waals surface area contributed by atoms with Crippen LogP contribution >= 0.6 is 11.3 Å². The van der Waals surface area contributed by atoms with E-state index in [1.54, 1.807) is 43.3 Å². The van der Waals surface area contributed by atoms with Crippen LogP contribution in [-0.4, -0.2) is 0 Å². The SMILES string of the molecule is C.C.C1CCC2CCCC2C1.CC.CC.CC.CC(C)C.CC(C)C.CC(C)C.c1ccc2occc2c1.c1ccc2sccc2c1. The molecule has 2 unspecified atom stereocenters. The van der Waals surface area contributed by atoms with Gasteiger partial charge in [0.2, 0.25) is 0 Å². The summed E-state index contributed by atoms with van der Waals surface area (Å²) >= 11 is 1.79. The van der Waals surface area contributed by atoms with Gasteiger partial charge in [-0.3, -0.25) is 0 Å². The molecule has 0 radical (unpaired) electrons. The largest absolute Gasteiger partial charge is 0.464 e. The number of benzene rings is 2.